The van der Waals surface area contributed by atoms with Crippen molar-refractivity contribution in [2.24, 2.45) is 0 Å². The Labute approximate surface area is 174 Å². The van der Waals surface area contributed by atoms with Crippen LogP contribution < -0.4 is 0 Å². The largest absolute Gasteiger partial charge is 0.233 e. The predicted octanol–water partition coefficient (Wildman–Crippen LogP) is 7.49. The van der Waals surface area contributed by atoms with Gasteiger partial charge in [0.25, 0.3) is 0 Å². The van der Waals surface area contributed by atoms with Crippen LogP contribution in [0.15, 0.2) is 48.5 Å². The molecule has 0 atom stereocenters. The van der Waals surface area contributed by atoms with Gasteiger partial charge in [-0.2, -0.15) is 0 Å². The van der Waals surface area contributed by atoms with E-state index in [0.29, 0.717) is 5.92 Å². The number of nitrogens with zero attached hydrogens (tertiary/aromatic N) is 2. The Morgan fingerprint density at radius 2 is 1.62 bits per heavy atom. The van der Waals surface area contributed by atoms with Crippen LogP contribution >= 0.6 is 0 Å². The number of aryl methyl sites for hydroxylation is 2. The minimum absolute atomic E-state index is 0.0934. The molecule has 0 aliphatic rings. The van der Waals surface area contributed by atoms with Crippen molar-refractivity contribution in [2.45, 2.75) is 59.8 Å². The molecule has 0 amide bonds. The molecule has 0 N–H and O–H groups in total. The summed E-state index contributed by atoms with van der Waals surface area (Å²) < 4.78 is 0. The van der Waals surface area contributed by atoms with Crippen LogP contribution in [-0.4, -0.2) is 9.97 Å². The quantitative estimate of drug-likeness (QED) is 0.336. The van der Waals surface area contributed by atoms with E-state index in [-0.39, 0.29) is 5.41 Å². The molecule has 0 aliphatic heterocycles. The van der Waals surface area contributed by atoms with E-state index in [1.807, 2.05) is 6.92 Å². The summed E-state index contributed by atoms with van der Waals surface area (Å²) in [5.41, 5.74) is 7.30. The highest BCUT2D eigenvalue weighted by Crippen LogP contribution is 2.36. The van der Waals surface area contributed by atoms with Gasteiger partial charge in [-0.1, -0.05) is 70.5 Å². The first kappa shape index (κ1) is 19.6. The van der Waals surface area contributed by atoms with E-state index in [1.165, 1.54) is 33.0 Å². The minimum atomic E-state index is 0.0934. The van der Waals surface area contributed by atoms with Crippen LogP contribution in [0.4, 0.5) is 0 Å². The zero-order chi connectivity index (χ0) is 20.9. The van der Waals surface area contributed by atoms with Crippen LogP contribution in [0, 0.1) is 13.8 Å². The maximum atomic E-state index is 4.92. The first-order chi connectivity index (χ1) is 13.6. The van der Waals surface area contributed by atoms with Gasteiger partial charge in [0.05, 0.1) is 11.2 Å². The maximum Gasteiger partial charge on any atom is 0.126 e. The van der Waals surface area contributed by atoms with Crippen LogP contribution in [0.3, 0.4) is 0 Å². The van der Waals surface area contributed by atoms with Crippen molar-refractivity contribution in [2.75, 3.05) is 0 Å². The van der Waals surface area contributed by atoms with Crippen LogP contribution in [0.25, 0.3) is 32.9 Å². The molecule has 1 heterocycles. The number of benzene rings is 3. The molecule has 148 valence electrons. The molecule has 29 heavy (non-hydrogen) atoms. The van der Waals surface area contributed by atoms with E-state index in [9.17, 15) is 0 Å². The third-order valence-electron chi connectivity index (χ3n) is 5.69. The Hall–Kier alpha value is -2.74. The summed E-state index contributed by atoms with van der Waals surface area (Å²) in [6.07, 6.45) is 0. The number of rotatable bonds is 2. The average molecular weight is 383 g/mol. The Morgan fingerprint density at radius 1 is 0.862 bits per heavy atom. The van der Waals surface area contributed by atoms with Gasteiger partial charge in [-0.15, -0.1) is 0 Å². The Kier molecular flexibility index (Phi) is 4.69. The Morgan fingerprint density at radius 3 is 2.31 bits per heavy atom. The second-order valence-electron chi connectivity index (χ2n) is 9.52. The first-order valence-electron chi connectivity index (χ1n) is 10.5. The monoisotopic (exact) mass is 382 g/mol. The lowest BCUT2D eigenvalue weighted by Gasteiger charge is -2.21. The van der Waals surface area contributed by atoms with E-state index in [0.717, 1.165) is 22.4 Å². The minimum Gasteiger partial charge on any atom is -0.233 e. The van der Waals surface area contributed by atoms with Crippen LogP contribution in [0.5, 0.6) is 0 Å². The van der Waals surface area contributed by atoms with E-state index >= 15 is 0 Å². The molecule has 0 unspecified atom stereocenters. The number of aromatic nitrogens is 2. The number of fused-ring (bicyclic) bond motifs is 3. The normalized spacial score (nSPS) is 12.3. The standard InChI is InChI=1S/C27H30N2/c1-16(2)22-10-8-9-19-11-12-23-25(28-18(4)29-26(23)24(19)22)20-13-17(3)14-21(15-20)27(5,6)7/h8-16H,1-7H3. The predicted molar refractivity (Wildman–Crippen MR) is 125 cm³/mol. The van der Waals surface area contributed by atoms with Crippen molar-refractivity contribution < 1.29 is 0 Å². The van der Waals surface area contributed by atoms with Gasteiger partial charge >= 0.3 is 0 Å². The van der Waals surface area contributed by atoms with Crippen LogP contribution in [0.2, 0.25) is 0 Å². The van der Waals surface area contributed by atoms with Crippen molar-refractivity contribution in [1.82, 2.24) is 9.97 Å². The molecule has 1 aromatic heterocycles. The van der Waals surface area contributed by atoms with Crippen molar-refractivity contribution in [3.63, 3.8) is 0 Å². The molecule has 0 saturated carbocycles. The molecule has 0 radical (unpaired) electrons. The lowest BCUT2D eigenvalue weighted by molar-refractivity contribution is 0.590. The van der Waals surface area contributed by atoms with E-state index in [2.05, 4.69) is 90.1 Å². The summed E-state index contributed by atoms with van der Waals surface area (Å²) >= 11 is 0. The van der Waals surface area contributed by atoms with Crippen molar-refractivity contribution in [3.05, 3.63) is 71.0 Å². The molecular weight excluding hydrogens is 352 g/mol. The Balaban J connectivity index is 2.10. The molecule has 0 bridgehead atoms. The molecule has 0 aliphatic carbocycles. The summed E-state index contributed by atoms with van der Waals surface area (Å²) in [5, 5.41) is 3.63. The van der Waals surface area contributed by atoms with Crippen molar-refractivity contribution in [3.8, 4) is 11.3 Å². The number of hydrogen-bond donors (Lipinski definition) is 0. The van der Waals surface area contributed by atoms with Gasteiger partial charge in [0, 0.05) is 16.3 Å². The lowest BCUT2D eigenvalue weighted by Crippen LogP contribution is -2.11. The zero-order valence-electron chi connectivity index (χ0n) is 18.6. The SMILES string of the molecule is Cc1cc(-c2nc(C)nc3c2ccc2cccc(C(C)C)c23)cc(C(C)(C)C)c1. The van der Waals surface area contributed by atoms with Gasteiger partial charge in [0.15, 0.2) is 0 Å². The summed E-state index contributed by atoms with van der Waals surface area (Å²) in [5.74, 6) is 1.26. The summed E-state index contributed by atoms with van der Waals surface area (Å²) in [6, 6.07) is 17.8. The topological polar surface area (TPSA) is 25.8 Å². The van der Waals surface area contributed by atoms with Gasteiger partial charge < -0.3 is 0 Å². The molecule has 4 aromatic rings. The second-order valence-corrected chi connectivity index (χ2v) is 9.52. The summed E-state index contributed by atoms with van der Waals surface area (Å²) in [4.78, 5) is 9.82. The smallest absolute Gasteiger partial charge is 0.126 e. The Bertz CT molecular complexity index is 1230. The molecule has 0 fully saturated rings. The molecule has 4 rings (SSSR count). The lowest BCUT2D eigenvalue weighted by atomic mass is 9.84. The van der Waals surface area contributed by atoms with Gasteiger partial charge in [-0.3, -0.25) is 0 Å². The highest BCUT2D eigenvalue weighted by molar-refractivity contribution is 6.10. The van der Waals surface area contributed by atoms with Gasteiger partial charge in [-0.05, 0) is 59.9 Å². The van der Waals surface area contributed by atoms with Crippen LogP contribution in [0.1, 0.15) is 63.1 Å². The molecular formula is C27H30N2. The highest BCUT2D eigenvalue weighted by Gasteiger charge is 2.18. The van der Waals surface area contributed by atoms with Crippen molar-refractivity contribution >= 4 is 21.7 Å². The first-order valence-corrected chi connectivity index (χ1v) is 10.5. The van der Waals surface area contributed by atoms with E-state index < -0.39 is 0 Å². The summed E-state index contributed by atoms with van der Waals surface area (Å²) in [7, 11) is 0. The van der Waals surface area contributed by atoms with Crippen molar-refractivity contribution in [1.29, 1.82) is 0 Å². The molecule has 2 nitrogen and oxygen atoms in total. The van der Waals surface area contributed by atoms with Gasteiger partial charge in [0.2, 0.25) is 0 Å². The van der Waals surface area contributed by atoms with E-state index in [1.54, 1.807) is 0 Å². The maximum absolute atomic E-state index is 4.92. The third kappa shape index (κ3) is 3.53. The highest BCUT2D eigenvalue weighted by atomic mass is 14.9. The average Bonchev–Trinajstić information content (AvgIpc) is 2.65. The molecule has 0 spiro atoms. The number of hydrogen-bond acceptors (Lipinski definition) is 2. The van der Waals surface area contributed by atoms with E-state index in [4.69, 9.17) is 9.97 Å². The van der Waals surface area contributed by atoms with Gasteiger partial charge in [0.1, 0.15) is 5.82 Å². The fourth-order valence-electron chi connectivity index (χ4n) is 4.16. The molecule has 2 heteroatoms. The second kappa shape index (κ2) is 6.95. The third-order valence-corrected chi connectivity index (χ3v) is 5.69. The van der Waals surface area contributed by atoms with Crippen LogP contribution in [-0.2, 0) is 5.41 Å². The molecule has 0 saturated heterocycles. The zero-order valence-corrected chi connectivity index (χ0v) is 18.6. The van der Waals surface area contributed by atoms with Gasteiger partial charge in [-0.25, -0.2) is 9.97 Å². The fraction of sp³-hybridized carbons (Fsp3) is 0.333. The summed E-state index contributed by atoms with van der Waals surface area (Å²) in [6.45, 7) is 15.4. The molecule has 3 aromatic carbocycles. The fourth-order valence-corrected chi connectivity index (χ4v) is 4.16.